The molecule has 0 atom stereocenters. The number of likely N-dealkylation sites (tertiary alicyclic amines) is 1. The Bertz CT molecular complexity index is 1190. The number of pyridine rings is 1. The van der Waals surface area contributed by atoms with Crippen LogP contribution in [0.1, 0.15) is 69.0 Å². The number of anilines is 1. The smallest absolute Gasteiger partial charge is 0.225 e. The maximum atomic E-state index is 13.1. The predicted octanol–water partition coefficient (Wildman–Crippen LogP) is 4.92. The average Bonchev–Trinajstić information content (AvgIpc) is 3.42. The van der Waals surface area contributed by atoms with Gasteiger partial charge in [-0.15, -0.1) is 11.3 Å². The number of carbonyl (C=O) groups is 1. The highest BCUT2D eigenvalue weighted by Crippen LogP contribution is 2.36. The molecule has 1 saturated heterocycles. The molecule has 0 bridgehead atoms. The van der Waals surface area contributed by atoms with Gasteiger partial charge in [0.1, 0.15) is 11.3 Å². The van der Waals surface area contributed by atoms with Gasteiger partial charge in [-0.05, 0) is 69.8 Å². The first-order valence-electron chi connectivity index (χ1n) is 13.4. The minimum absolute atomic E-state index is 0.151. The van der Waals surface area contributed by atoms with Gasteiger partial charge in [0, 0.05) is 43.5 Å². The van der Waals surface area contributed by atoms with Crippen LogP contribution in [0.5, 0.6) is 0 Å². The maximum Gasteiger partial charge on any atom is 0.225 e. The molecule has 2 fully saturated rings. The lowest BCUT2D eigenvalue weighted by Gasteiger charge is -2.36. The van der Waals surface area contributed by atoms with Gasteiger partial charge in [-0.25, -0.2) is 9.97 Å². The third-order valence-corrected chi connectivity index (χ3v) is 9.20. The van der Waals surface area contributed by atoms with Crippen LogP contribution in [-0.4, -0.2) is 50.1 Å². The number of aromatic nitrogens is 3. The summed E-state index contributed by atoms with van der Waals surface area (Å²) in [7, 11) is 0. The summed E-state index contributed by atoms with van der Waals surface area (Å²) in [5, 5.41) is 9.40. The molecule has 3 aromatic heterocycles. The van der Waals surface area contributed by atoms with E-state index in [1.807, 2.05) is 0 Å². The Labute approximate surface area is 211 Å². The monoisotopic (exact) mass is 497 g/mol. The van der Waals surface area contributed by atoms with Crippen LogP contribution in [0.3, 0.4) is 0 Å². The molecule has 7 nitrogen and oxygen atoms in total. The lowest BCUT2D eigenvalue weighted by molar-refractivity contribution is -0.138. The van der Waals surface area contributed by atoms with Crippen LogP contribution in [0.4, 0.5) is 5.82 Å². The molecule has 1 aliphatic heterocycles. The number of amides is 1. The summed E-state index contributed by atoms with van der Waals surface area (Å²) in [5.74, 6) is 3.04. The molecule has 0 aromatic carbocycles. The zero-order valence-corrected chi connectivity index (χ0v) is 21.9. The van der Waals surface area contributed by atoms with Gasteiger partial charge in [-0.3, -0.25) is 4.79 Å². The van der Waals surface area contributed by atoms with Crippen molar-refractivity contribution in [1.82, 2.24) is 19.4 Å². The largest absolute Gasteiger partial charge is 0.396 e. The Balaban J connectivity index is 1.33. The van der Waals surface area contributed by atoms with Gasteiger partial charge in [0.05, 0.1) is 15.7 Å². The summed E-state index contributed by atoms with van der Waals surface area (Å²) in [6.45, 7) is 7.21. The molecule has 3 N–H and O–H groups in total. The summed E-state index contributed by atoms with van der Waals surface area (Å²) in [6.07, 6.45) is 9.05. The fraction of sp³-hybridized carbons (Fsp3) is 0.667. The normalized spacial score (nSPS) is 21.9. The molecule has 1 amide bonds. The van der Waals surface area contributed by atoms with Crippen molar-refractivity contribution in [3.05, 3.63) is 16.8 Å². The molecule has 2 aliphatic rings. The number of carbonyl (C=O) groups excluding carboxylic acids is 1. The molecule has 4 heterocycles. The second-order valence-corrected chi connectivity index (χ2v) is 11.9. The number of nitrogen functional groups attached to an aromatic ring is 1. The standard InChI is InChI=1S/C27H39N5O2S/c1-3-4-5-22-30-23-24(25-21(29-26(23)28)14-17(2)35-25)32(22)15-18-10-12-31(13-11-18)27(34)20-8-6-19(16-33)7-9-20/h14,18-20,33H,3-13,15-16H2,1-2H3,(H2,28,29). The zero-order valence-electron chi connectivity index (χ0n) is 21.1. The number of nitrogens with zero attached hydrogens (tertiary/aromatic N) is 4. The number of unbranched alkanes of at least 4 members (excludes halogenated alkanes) is 1. The van der Waals surface area contributed by atoms with Crippen LogP contribution in [0.2, 0.25) is 0 Å². The molecular formula is C27H39N5O2S. The number of thiophene rings is 1. The number of imidazole rings is 1. The van der Waals surface area contributed by atoms with E-state index >= 15 is 0 Å². The van der Waals surface area contributed by atoms with Crippen LogP contribution in [-0.2, 0) is 17.8 Å². The molecule has 0 unspecified atom stereocenters. The van der Waals surface area contributed by atoms with E-state index in [9.17, 15) is 9.90 Å². The van der Waals surface area contributed by atoms with Gasteiger partial charge in [-0.2, -0.15) is 0 Å². The number of piperidine rings is 1. The fourth-order valence-electron chi connectivity index (χ4n) is 6.01. The van der Waals surface area contributed by atoms with E-state index in [4.69, 9.17) is 10.7 Å². The number of aliphatic hydroxyl groups is 1. The highest BCUT2D eigenvalue weighted by atomic mass is 32.1. The number of aliphatic hydroxyl groups excluding tert-OH is 1. The van der Waals surface area contributed by atoms with E-state index in [2.05, 4.69) is 34.4 Å². The summed E-state index contributed by atoms with van der Waals surface area (Å²) >= 11 is 1.78. The van der Waals surface area contributed by atoms with Crippen LogP contribution >= 0.6 is 11.3 Å². The van der Waals surface area contributed by atoms with E-state index < -0.39 is 0 Å². The Kier molecular flexibility index (Phi) is 7.30. The van der Waals surface area contributed by atoms with Crippen molar-refractivity contribution in [1.29, 1.82) is 0 Å². The highest BCUT2D eigenvalue weighted by Gasteiger charge is 2.32. The third kappa shape index (κ3) is 4.92. The Hall–Kier alpha value is -2.19. The molecular weight excluding hydrogens is 458 g/mol. The zero-order chi connectivity index (χ0) is 24.5. The number of aryl methyl sites for hydroxylation is 2. The van der Waals surface area contributed by atoms with E-state index in [1.165, 1.54) is 9.58 Å². The van der Waals surface area contributed by atoms with Gasteiger partial charge in [0.25, 0.3) is 0 Å². The van der Waals surface area contributed by atoms with Crippen molar-refractivity contribution in [3.8, 4) is 0 Å². The van der Waals surface area contributed by atoms with Crippen molar-refractivity contribution in [3.63, 3.8) is 0 Å². The van der Waals surface area contributed by atoms with Crippen molar-refractivity contribution in [2.24, 2.45) is 17.8 Å². The quantitative estimate of drug-likeness (QED) is 0.483. The minimum atomic E-state index is 0.151. The van der Waals surface area contributed by atoms with E-state index in [0.717, 1.165) is 99.8 Å². The van der Waals surface area contributed by atoms with Gasteiger partial charge in [0.15, 0.2) is 5.82 Å². The first-order valence-corrected chi connectivity index (χ1v) is 14.2. The first-order chi connectivity index (χ1) is 17.0. The van der Waals surface area contributed by atoms with Crippen molar-refractivity contribution < 1.29 is 9.90 Å². The Morgan fingerprint density at radius 2 is 1.89 bits per heavy atom. The second kappa shape index (κ2) is 10.4. The van der Waals surface area contributed by atoms with E-state index in [1.54, 1.807) is 11.3 Å². The molecule has 0 radical (unpaired) electrons. The SMILES string of the molecule is CCCCc1nc2c(N)nc3cc(C)sc3c2n1CC1CCN(C(=O)C2CCC(CO)CC2)CC1. The van der Waals surface area contributed by atoms with Crippen LogP contribution in [0, 0.1) is 24.7 Å². The molecule has 8 heteroatoms. The molecule has 0 spiro atoms. The summed E-state index contributed by atoms with van der Waals surface area (Å²) in [4.78, 5) is 26.1. The van der Waals surface area contributed by atoms with Gasteiger partial charge < -0.3 is 20.3 Å². The molecule has 1 saturated carbocycles. The second-order valence-electron chi connectivity index (χ2n) is 10.7. The number of rotatable bonds is 7. The lowest BCUT2D eigenvalue weighted by Crippen LogP contribution is -2.43. The minimum Gasteiger partial charge on any atom is -0.396 e. The van der Waals surface area contributed by atoms with Gasteiger partial charge in [0.2, 0.25) is 5.91 Å². The average molecular weight is 498 g/mol. The summed E-state index contributed by atoms with van der Waals surface area (Å²) in [5.41, 5.74) is 9.34. The highest BCUT2D eigenvalue weighted by molar-refractivity contribution is 7.19. The number of hydrogen-bond acceptors (Lipinski definition) is 6. The number of nitrogens with two attached hydrogens (primary N) is 1. The van der Waals surface area contributed by atoms with Crippen molar-refractivity contribution in [2.75, 3.05) is 25.4 Å². The maximum absolute atomic E-state index is 13.1. The molecule has 3 aromatic rings. The predicted molar refractivity (Wildman–Crippen MR) is 143 cm³/mol. The van der Waals surface area contributed by atoms with Crippen LogP contribution < -0.4 is 5.73 Å². The van der Waals surface area contributed by atoms with E-state index in [0.29, 0.717) is 23.6 Å². The fourth-order valence-corrected chi connectivity index (χ4v) is 7.02. The number of fused-ring (bicyclic) bond motifs is 3. The molecule has 5 rings (SSSR count). The number of hydrogen-bond donors (Lipinski definition) is 2. The van der Waals surface area contributed by atoms with Crippen molar-refractivity contribution in [2.45, 2.75) is 78.2 Å². The first kappa shape index (κ1) is 24.5. The summed E-state index contributed by atoms with van der Waals surface area (Å²) < 4.78 is 3.62. The Morgan fingerprint density at radius 1 is 1.14 bits per heavy atom. The van der Waals surface area contributed by atoms with Crippen LogP contribution in [0.15, 0.2) is 6.07 Å². The van der Waals surface area contributed by atoms with E-state index in [-0.39, 0.29) is 12.5 Å². The van der Waals surface area contributed by atoms with Crippen LogP contribution in [0.25, 0.3) is 21.3 Å². The summed E-state index contributed by atoms with van der Waals surface area (Å²) in [6, 6.07) is 2.12. The third-order valence-electron chi connectivity index (χ3n) is 8.16. The van der Waals surface area contributed by atoms with Gasteiger partial charge >= 0.3 is 0 Å². The van der Waals surface area contributed by atoms with Crippen molar-refractivity contribution >= 4 is 44.3 Å². The van der Waals surface area contributed by atoms with Gasteiger partial charge in [-0.1, -0.05) is 13.3 Å². The Morgan fingerprint density at radius 3 is 2.57 bits per heavy atom. The molecule has 1 aliphatic carbocycles. The topological polar surface area (TPSA) is 97.3 Å². The molecule has 35 heavy (non-hydrogen) atoms. The lowest BCUT2D eigenvalue weighted by atomic mass is 9.81. The molecule has 190 valence electrons.